The zero-order valence-electron chi connectivity index (χ0n) is 13.0. The smallest absolute Gasteiger partial charge is 0.338 e. The Balaban J connectivity index is 2.51. The van der Waals surface area contributed by atoms with E-state index in [1.807, 2.05) is 0 Å². The Morgan fingerprint density at radius 3 is 2.33 bits per heavy atom. The predicted molar refractivity (Wildman–Crippen MR) is 86.0 cm³/mol. The number of carboxylic acids is 2. The van der Waals surface area contributed by atoms with Crippen molar-refractivity contribution in [3.63, 3.8) is 0 Å². The number of amides is 1. The lowest BCUT2D eigenvalue weighted by Crippen LogP contribution is -2.19. The molecule has 0 atom stereocenters. The normalized spacial score (nSPS) is 10.1. The van der Waals surface area contributed by atoms with E-state index in [9.17, 15) is 24.6 Å². The van der Waals surface area contributed by atoms with E-state index >= 15 is 0 Å². The number of aromatic carboxylic acids is 2. The van der Waals surface area contributed by atoms with Gasteiger partial charge in [-0.15, -0.1) is 0 Å². The molecule has 3 N–H and O–H groups in total. The SMILES string of the molecule is COc1cccc(C(=O)Nc2c(C(=O)O)ccc(C)c2C(=O)O)c1. The summed E-state index contributed by atoms with van der Waals surface area (Å²) >= 11 is 0. The molecule has 7 nitrogen and oxygen atoms in total. The first-order chi connectivity index (χ1) is 11.3. The summed E-state index contributed by atoms with van der Waals surface area (Å²) in [7, 11) is 1.45. The minimum atomic E-state index is -1.33. The second-order valence-corrected chi connectivity index (χ2v) is 4.98. The van der Waals surface area contributed by atoms with Crippen molar-refractivity contribution in [2.75, 3.05) is 12.4 Å². The molecule has 0 unspecified atom stereocenters. The average molecular weight is 329 g/mol. The van der Waals surface area contributed by atoms with Crippen LogP contribution in [0.2, 0.25) is 0 Å². The molecule has 2 rings (SSSR count). The second-order valence-electron chi connectivity index (χ2n) is 4.98. The molecule has 0 aromatic heterocycles. The molecular formula is C17H15NO6. The summed E-state index contributed by atoms with van der Waals surface area (Å²) in [5.41, 5.74) is -0.250. The molecular weight excluding hydrogens is 314 g/mol. The highest BCUT2D eigenvalue weighted by atomic mass is 16.5. The molecule has 0 aliphatic heterocycles. The van der Waals surface area contributed by atoms with E-state index in [1.165, 1.54) is 38.3 Å². The van der Waals surface area contributed by atoms with Crippen molar-refractivity contribution in [2.24, 2.45) is 0 Å². The van der Waals surface area contributed by atoms with Crippen LogP contribution in [0.25, 0.3) is 0 Å². The Bertz CT molecular complexity index is 828. The summed E-state index contributed by atoms with van der Waals surface area (Å²) in [5, 5.41) is 21.0. The molecule has 0 saturated carbocycles. The summed E-state index contributed by atoms with van der Waals surface area (Å²) in [5.74, 6) is -2.84. The van der Waals surface area contributed by atoms with Crippen LogP contribution in [0.4, 0.5) is 5.69 Å². The fourth-order valence-corrected chi connectivity index (χ4v) is 2.24. The van der Waals surface area contributed by atoms with Crippen LogP contribution in [0.5, 0.6) is 5.75 Å². The van der Waals surface area contributed by atoms with Crippen molar-refractivity contribution in [3.8, 4) is 5.75 Å². The van der Waals surface area contributed by atoms with Gasteiger partial charge < -0.3 is 20.3 Å². The Labute approximate surface area is 137 Å². The molecule has 124 valence electrons. The first-order valence-corrected chi connectivity index (χ1v) is 6.90. The van der Waals surface area contributed by atoms with Crippen LogP contribution < -0.4 is 10.1 Å². The number of nitrogens with one attached hydrogen (secondary N) is 1. The Morgan fingerprint density at radius 2 is 1.75 bits per heavy atom. The number of rotatable bonds is 5. The summed E-state index contributed by atoms with van der Waals surface area (Å²) in [4.78, 5) is 35.2. The highest BCUT2D eigenvalue weighted by Crippen LogP contribution is 2.26. The topological polar surface area (TPSA) is 113 Å². The maximum absolute atomic E-state index is 12.4. The number of anilines is 1. The lowest BCUT2D eigenvalue weighted by molar-refractivity contribution is 0.0695. The minimum absolute atomic E-state index is 0.212. The fraction of sp³-hybridized carbons (Fsp3) is 0.118. The summed E-state index contributed by atoms with van der Waals surface area (Å²) in [6, 6.07) is 8.86. The minimum Gasteiger partial charge on any atom is -0.497 e. The summed E-state index contributed by atoms with van der Waals surface area (Å²) < 4.78 is 5.03. The van der Waals surface area contributed by atoms with Gasteiger partial charge in [-0.25, -0.2) is 9.59 Å². The van der Waals surface area contributed by atoms with E-state index in [-0.39, 0.29) is 22.4 Å². The molecule has 7 heteroatoms. The van der Waals surface area contributed by atoms with Gasteiger partial charge in [0.25, 0.3) is 5.91 Å². The van der Waals surface area contributed by atoms with Gasteiger partial charge in [0.05, 0.1) is 23.9 Å². The van der Waals surface area contributed by atoms with Crippen molar-refractivity contribution in [3.05, 3.63) is 58.7 Å². The zero-order valence-corrected chi connectivity index (χ0v) is 13.0. The molecule has 24 heavy (non-hydrogen) atoms. The number of hydrogen-bond acceptors (Lipinski definition) is 4. The van der Waals surface area contributed by atoms with Gasteiger partial charge in [0.15, 0.2) is 0 Å². The van der Waals surface area contributed by atoms with Crippen LogP contribution >= 0.6 is 0 Å². The second kappa shape index (κ2) is 6.82. The number of ether oxygens (including phenoxy) is 1. The largest absolute Gasteiger partial charge is 0.497 e. The van der Waals surface area contributed by atoms with Gasteiger partial charge in [0.1, 0.15) is 5.75 Å². The van der Waals surface area contributed by atoms with E-state index in [0.717, 1.165) is 0 Å². The van der Waals surface area contributed by atoms with Crippen molar-refractivity contribution in [1.29, 1.82) is 0 Å². The van der Waals surface area contributed by atoms with Crippen LogP contribution in [0.15, 0.2) is 36.4 Å². The van der Waals surface area contributed by atoms with E-state index in [1.54, 1.807) is 12.1 Å². The number of hydrogen-bond donors (Lipinski definition) is 3. The van der Waals surface area contributed by atoms with Crippen LogP contribution in [-0.2, 0) is 0 Å². The van der Waals surface area contributed by atoms with E-state index < -0.39 is 17.8 Å². The fourth-order valence-electron chi connectivity index (χ4n) is 2.24. The lowest BCUT2D eigenvalue weighted by atomic mass is 10.0. The molecule has 0 fully saturated rings. The molecule has 2 aromatic rings. The number of methoxy groups -OCH3 is 1. The first kappa shape index (κ1) is 17.0. The average Bonchev–Trinajstić information content (AvgIpc) is 2.54. The Hall–Kier alpha value is -3.35. The lowest BCUT2D eigenvalue weighted by Gasteiger charge is -2.14. The molecule has 0 aliphatic rings. The number of carboxylic acid groups (broad SMARTS) is 2. The summed E-state index contributed by atoms with van der Waals surface area (Å²) in [6.45, 7) is 1.52. The molecule has 0 radical (unpaired) electrons. The van der Waals surface area contributed by atoms with Gasteiger partial charge in [-0.05, 0) is 36.8 Å². The summed E-state index contributed by atoms with van der Waals surface area (Å²) in [6.07, 6.45) is 0. The third kappa shape index (κ3) is 3.35. The van der Waals surface area contributed by atoms with Crippen molar-refractivity contribution >= 4 is 23.5 Å². The van der Waals surface area contributed by atoms with Gasteiger partial charge >= 0.3 is 11.9 Å². The molecule has 0 aliphatic carbocycles. The highest BCUT2D eigenvalue weighted by molar-refractivity contribution is 6.12. The molecule has 0 spiro atoms. The van der Waals surface area contributed by atoms with Gasteiger partial charge in [-0.1, -0.05) is 12.1 Å². The highest BCUT2D eigenvalue weighted by Gasteiger charge is 2.23. The molecule has 2 aromatic carbocycles. The number of carbonyl (C=O) groups excluding carboxylic acids is 1. The zero-order chi connectivity index (χ0) is 17.9. The Morgan fingerprint density at radius 1 is 1.04 bits per heavy atom. The van der Waals surface area contributed by atoms with E-state index in [4.69, 9.17) is 4.74 Å². The Kier molecular flexibility index (Phi) is 4.84. The van der Waals surface area contributed by atoms with E-state index in [2.05, 4.69) is 5.32 Å². The number of carbonyl (C=O) groups is 3. The predicted octanol–water partition coefficient (Wildman–Crippen LogP) is 2.65. The van der Waals surface area contributed by atoms with Gasteiger partial charge in [0, 0.05) is 5.56 Å². The molecule has 0 saturated heterocycles. The van der Waals surface area contributed by atoms with Crippen LogP contribution in [0, 0.1) is 6.92 Å². The van der Waals surface area contributed by atoms with Gasteiger partial charge in [0.2, 0.25) is 0 Å². The first-order valence-electron chi connectivity index (χ1n) is 6.90. The molecule has 0 bridgehead atoms. The molecule has 1 amide bonds. The van der Waals surface area contributed by atoms with Crippen LogP contribution in [0.1, 0.15) is 36.6 Å². The number of benzene rings is 2. The monoisotopic (exact) mass is 329 g/mol. The third-order valence-electron chi connectivity index (χ3n) is 3.43. The van der Waals surface area contributed by atoms with Gasteiger partial charge in [-0.3, -0.25) is 4.79 Å². The molecule has 0 heterocycles. The van der Waals surface area contributed by atoms with Crippen LogP contribution in [0.3, 0.4) is 0 Å². The van der Waals surface area contributed by atoms with E-state index in [0.29, 0.717) is 11.3 Å². The van der Waals surface area contributed by atoms with Crippen molar-refractivity contribution in [2.45, 2.75) is 6.92 Å². The standard InChI is InChI=1S/C17H15NO6/c1-9-6-7-12(16(20)21)14(13(9)17(22)23)18-15(19)10-4-3-5-11(8-10)24-2/h3-8H,1-2H3,(H,18,19)(H,20,21)(H,22,23). The van der Waals surface area contributed by atoms with Crippen molar-refractivity contribution in [1.82, 2.24) is 0 Å². The maximum atomic E-state index is 12.4. The van der Waals surface area contributed by atoms with Crippen LogP contribution in [-0.4, -0.2) is 35.2 Å². The number of aryl methyl sites for hydroxylation is 1. The van der Waals surface area contributed by atoms with Gasteiger partial charge in [-0.2, -0.15) is 0 Å². The quantitative estimate of drug-likeness (QED) is 0.777. The van der Waals surface area contributed by atoms with Crippen molar-refractivity contribution < 1.29 is 29.3 Å². The maximum Gasteiger partial charge on any atom is 0.338 e. The third-order valence-corrected chi connectivity index (χ3v) is 3.43.